The Balaban J connectivity index is 1.89. The van der Waals surface area contributed by atoms with Crippen LogP contribution in [-0.4, -0.2) is 42.0 Å². The number of halogens is 1. The van der Waals surface area contributed by atoms with Crippen molar-refractivity contribution in [2.75, 3.05) is 20.1 Å². The molecule has 1 N–H and O–H groups in total. The van der Waals surface area contributed by atoms with E-state index in [1.165, 1.54) is 6.42 Å². The minimum absolute atomic E-state index is 0.105. The molecule has 0 bridgehead atoms. The first-order chi connectivity index (χ1) is 8.16. The molecule has 1 fully saturated rings. The van der Waals surface area contributed by atoms with Gasteiger partial charge in [0.25, 0.3) is 5.91 Å². The standard InChI is InChI=1S/C12H16BrN3O/c1-16-7-3-4-9(16)8-14-12(17)10-5-2-6-11(13)15-10/h2,5-6,9H,3-4,7-8H2,1H3,(H,14,17). The highest BCUT2D eigenvalue weighted by Crippen LogP contribution is 2.13. The van der Waals surface area contributed by atoms with Crippen LogP contribution in [0.1, 0.15) is 23.3 Å². The summed E-state index contributed by atoms with van der Waals surface area (Å²) in [5.41, 5.74) is 0.458. The Morgan fingerprint density at radius 2 is 2.47 bits per heavy atom. The third kappa shape index (κ3) is 3.26. The Labute approximate surface area is 110 Å². The highest BCUT2D eigenvalue weighted by Gasteiger charge is 2.21. The monoisotopic (exact) mass is 297 g/mol. The second kappa shape index (κ2) is 5.60. The zero-order chi connectivity index (χ0) is 12.3. The van der Waals surface area contributed by atoms with Crippen molar-refractivity contribution >= 4 is 21.8 Å². The summed E-state index contributed by atoms with van der Waals surface area (Å²) in [7, 11) is 2.10. The molecule has 1 amide bonds. The minimum Gasteiger partial charge on any atom is -0.349 e. The third-order valence-electron chi connectivity index (χ3n) is 3.12. The van der Waals surface area contributed by atoms with Gasteiger partial charge < -0.3 is 10.2 Å². The minimum atomic E-state index is -0.105. The van der Waals surface area contributed by atoms with Crippen LogP contribution < -0.4 is 5.32 Å². The van der Waals surface area contributed by atoms with Crippen LogP contribution in [0.2, 0.25) is 0 Å². The molecule has 1 saturated heterocycles. The summed E-state index contributed by atoms with van der Waals surface area (Å²) in [6.45, 7) is 1.82. The summed E-state index contributed by atoms with van der Waals surface area (Å²) in [5.74, 6) is -0.105. The van der Waals surface area contributed by atoms with Gasteiger partial charge in [0.15, 0.2) is 0 Å². The van der Waals surface area contributed by atoms with Gasteiger partial charge in [-0.15, -0.1) is 0 Å². The summed E-state index contributed by atoms with van der Waals surface area (Å²) in [6.07, 6.45) is 2.37. The quantitative estimate of drug-likeness (QED) is 0.863. The van der Waals surface area contributed by atoms with Crippen molar-refractivity contribution in [3.63, 3.8) is 0 Å². The average Bonchev–Trinajstić information content (AvgIpc) is 2.72. The maximum Gasteiger partial charge on any atom is 0.269 e. The molecular weight excluding hydrogens is 282 g/mol. The molecule has 1 aromatic rings. The molecular formula is C12H16BrN3O. The molecule has 2 rings (SSSR count). The van der Waals surface area contributed by atoms with E-state index in [4.69, 9.17) is 0 Å². The van der Waals surface area contributed by atoms with Gasteiger partial charge in [0.05, 0.1) is 0 Å². The highest BCUT2D eigenvalue weighted by molar-refractivity contribution is 9.10. The van der Waals surface area contributed by atoms with Crippen LogP contribution in [0.15, 0.2) is 22.8 Å². The predicted molar refractivity (Wildman–Crippen MR) is 69.9 cm³/mol. The Morgan fingerprint density at radius 1 is 1.65 bits per heavy atom. The lowest BCUT2D eigenvalue weighted by Crippen LogP contribution is -2.38. The second-order valence-corrected chi connectivity index (χ2v) is 5.14. The largest absolute Gasteiger partial charge is 0.349 e. The first-order valence-corrected chi connectivity index (χ1v) is 6.57. The summed E-state index contributed by atoms with van der Waals surface area (Å²) in [5, 5.41) is 2.93. The zero-order valence-corrected chi connectivity index (χ0v) is 11.4. The first kappa shape index (κ1) is 12.5. The van der Waals surface area contributed by atoms with Gasteiger partial charge in [0.2, 0.25) is 0 Å². The molecule has 2 heterocycles. The number of aromatic nitrogens is 1. The van der Waals surface area contributed by atoms with E-state index in [2.05, 4.69) is 38.2 Å². The van der Waals surface area contributed by atoms with Crippen molar-refractivity contribution in [3.05, 3.63) is 28.5 Å². The average molecular weight is 298 g/mol. The molecule has 0 radical (unpaired) electrons. The van der Waals surface area contributed by atoms with E-state index in [0.717, 1.165) is 13.0 Å². The van der Waals surface area contributed by atoms with Gasteiger partial charge in [0.1, 0.15) is 10.3 Å². The van der Waals surface area contributed by atoms with E-state index in [1.807, 2.05) is 12.1 Å². The Morgan fingerprint density at radius 3 is 3.12 bits per heavy atom. The third-order valence-corrected chi connectivity index (χ3v) is 3.56. The smallest absolute Gasteiger partial charge is 0.269 e. The van der Waals surface area contributed by atoms with Crippen molar-refractivity contribution in [2.45, 2.75) is 18.9 Å². The van der Waals surface area contributed by atoms with Crippen LogP contribution >= 0.6 is 15.9 Å². The van der Waals surface area contributed by atoms with Crippen molar-refractivity contribution < 1.29 is 4.79 Å². The first-order valence-electron chi connectivity index (χ1n) is 5.78. The molecule has 1 unspecified atom stereocenters. The van der Waals surface area contributed by atoms with E-state index in [-0.39, 0.29) is 5.91 Å². The molecule has 1 aromatic heterocycles. The molecule has 1 aliphatic heterocycles. The fraction of sp³-hybridized carbons (Fsp3) is 0.500. The van der Waals surface area contributed by atoms with Crippen LogP contribution in [0, 0.1) is 0 Å². The summed E-state index contributed by atoms with van der Waals surface area (Å²) >= 11 is 3.26. The number of likely N-dealkylation sites (N-methyl/N-ethyl adjacent to an activating group) is 1. The van der Waals surface area contributed by atoms with Crippen LogP contribution in [0.4, 0.5) is 0 Å². The lowest BCUT2D eigenvalue weighted by Gasteiger charge is -2.19. The number of nitrogens with one attached hydrogen (secondary N) is 1. The van der Waals surface area contributed by atoms with Crippen molar-refractivity contribution in [3.8, 4) is 0 Å². The molecule has 0 aliphatic carbocycles. The zero-order valence-electron chi connectivity index (χ0n) is 9.82. The molecule has 0 aromatic carbocycles. The van der Waals surface area contributed by atoms with Gasteiger partial charge >= 0.3 is 0 Å². The number of amides is 1. The van der Waals surface area contributed by atoms with E-state index < -0.39 is 0 Å². The fourth-order valence-corrected chi connectivity index (χ4v) is 2.42. The van der Waals surface area contributed by atoms with Gasteiger partial charge in [0, 0.05) is 12.6 Å². The fourth-order valence-electron chi connectivity index (χ4n) is 2.07. The van der Waals surface area contributed by atoms with Crippen LogP contribution in [0.25, 0.3) is 0 Å². The van der Waals surface area contributed by atoms with Gasteiger partial charge in [-0.05, 0) is 54.5 Å². The predicted octanol–water partition coefficient (Wildman–Crippen LogP) is 1.67. The summed E-state index contributed by atoms with van der Waals surface area (Å²) in [4.78, 5) is 18.3. The Bertz CT molecular complexity index is 410. The summed E-state index contributed by atoms with van der Waals surface area (Å²) < 4.78 is 0.683. The molecule has 0 saturated carbocycles. The molecule has 92 valence electrons. The van der Waals surface area contributed by atoms with Crippen molar-refractivity contribution in [1.29, 1.82) is 0 Å². The van der Waals surface area contributed by atoms with E-state index in [0.29, 0.717) is 22.9 Å². The number of rotatable bonds is 3. The van der Waals surface area contributed by atoms with E-state index in [1.54, 1.807) is 6.07 Å². The van der Waals surface area contributed by atoms with Crippen LogP contribution in [0.5, 0.6) is 0 Å². The molecule has 17 heavy (non-hydrogen) atoms. The topological polar surface area (TPSA) is 45.2 Å². The normalized spacial score (nSPS) is 20.5. The van der Waals surface area contributed by atoms with Crippen LogP contribution in [-0.2, 0) is 0 Å². The molecule has 1 atom stereocenters. The number of carbonyl (C=O) groups excluding carboxylic acids is 1. The summed E-state index contributed by atoms with van der Waals surface area (Å²) in [6, 6.07) is 5.80. The number of nitrogens with zero attached hydrogens (tertiary/aromatic N) is 2. The number of likely N-dealkylation sites (tertiary alicyclic amines) is 1. The Kier molecular flexibility index (Phi) is 4.12. The van der Waals surface area contributed by atoms with Gasteiger partial charge in [-0.1, -0.05) is 6.07 Å². The van der Waals surface area contributed by atoms with Crippen molar-refractivity contribution in [2.24, 2.45) is 0 Å². The Hall–Kier alpha value is -0.940. The van der Waals surface area contributed by atoms with Gasteiger partial charge in [-0.2, -0.15) is 0 Å². The maximum atomic E-state index is 11.8. The molecule has 1 aliphatic rings. The van der Waals surface area contributed by atoms with E-state index in [9.17, 15) is 4.79 Å². The SMILES string of the molecule is CN1CCCC1CNC(=O)c1cccc(Br)n1. The van der Waals surface area contributed by atoms with Gasteiger partial charge in [-0.3, -0.25) is 4.79 Å². The number of pyridine rings is 1. The molecule has 0 spiro atoms. The van der Waals surface area contributed by atoms with Crippen molar-refractivity contribution in [1.82, 2.24) is 15.2 Å². The van der Waals surface area contributed by atoms with Gasteiger partial charge in [-0.25, -0.2) is 4.98 Å². The molecule has 5 heteroatoms. The number of carbonyl (C=O) groups is 1. The van der Waals surface area contributed by atoms with Crippen LogP contribution in [0.3, 0.4) is 0 Å². The van der Waals surface area contributed by atoms with E-state index >= 15 is 0 Å². The number of hydrogen-bond acceptors (Lipinski definition) is 3. The number of hydrogen-bond donors (Lipinski definition) is 1. The molecule has 4 nitrogen and oxygen atoms in total. The lowest BCUT2D eigenvalue weighted by molar-refractivity contribution is 0.0938. The second-order valence-electron chi connectivity index (χ2n) is 4.33. The highest BCUT2D eigenvalue weighted by atomic mass is 79.9. The maximum absolute atomic E-state index is 11.8. The lowest BCUT2D eigenvalue weighted by atomic mass is 10.2.